The first-order chi connectivity index (χ1) is 10.4. The van der Waals surface area contributed by atoms with Gasteiger partial charge in [0, 0.05) is 12.1 Å². The molecule has 0 fully saturated rings. The van der Waals surface area contributed by atoms with Crippen molar-refractivity contribution in [3.63, 3.8) is 0 Å². The van der Waals surface area contributed by atoms with Gasteiger partial charge in [-0.25, -0.2) is 9.78 Å². The Balaban J connectivity index is 2.54. The van der Waals surface area contributed by atoms with Gasteiger partial charge in [0.15, 0.2) is 5.69 Å². The van der Waals surface area contributed by atoms with Crippen molar-refractivity contribution >= 4 is 29.2 Å². The number of imidazole rings is 1. The number of hydrogen-bond acceptors (Lipinski definition) is 3. The van der Waals surface area contributed by atoms with E-state index in [1.165, 1.54) is 0 Å². The van der Waals surface area contributed by atoms with Gasteiger partial charge < -0.3 is 4.74 Å². The smallest absolute Gasteiger partial charge is 0.357 e. The monoisotopic (exact) mass is 338 g/mol. The molecule has 0 unspecified atom stereocenters. The predicted octanol–water partition coefficient (Wildman–Crippen LogP) is 4.47. The van der Waals surface area contributed by atoms with E-state index in [1.807, 2.05) is 6.92 Å². The Hall–Kier alpha value is -1.78. The zero-order valence-corrected chi connectivity index (χ0v) is 13.9. The topological polar surface area (TPSA) is 44.1 Å². The van der Waals surface area contributed by atoms with Crippen LogP contribution in [0.15, 0.2) is 36.7 Å². The number of esters is 1. The normalized spacial score (nSPS) is 10.5. The first-order valence-corrected chi connectivity index (χ1v) is 7.52. The van der Waals surface area contributed by atoms with Crippen LogP contribution in [0.2, 0.25) is 10.0 Å². The number of allylic oxidation sites excluding steroid dienone is 1. The van der Waals surface area contributed by atoms with Gasteiger partial charge in [-0.15, -0.1) is 0 Å². The maximum Gasteiger partial charge on any atom is 0.357 e. The maximum atomic E-state index is 12.3. The molecule has 2 rings (SSSR count). The van der Waals surface area contributed by atoms with E-state index >= 15 is 0 Å². The Morgan fingerprint density at radius 1 is 1.36 bits per heavy atom. The van der Waals surface area contributed by atoms with Crippen molar-refractivity contribution in [2.24, 2.45) is 0 Å². The third-order valence-corrected chi connectivity index (χ3v) is 3.70. The number of hydrogen-bond donors (Lipinski definition) is 0. The SMILES string of the molecule is C=C(C)Cc1ncn(-c2ccc(Cl)c(Cl)c2)c1C(=O)OCC. The summed E-state index contributed by atoms with van der Waals surface area (Å²) < 4.78 is 6.79. The highest BCUT2D eigenvalue weighted by molar-refractivity contribution is 6.42. The van der Waals surface area contributed by atoms with Crippen molar-refractivity contribution in [1.29, 1.82) is 0 Å². The van der Waals surface area contributed by atoms with E-state index in [1.54, 1.807) is 36.0 Å². The van der Waals surface area contributed by atoms with Crippen LogP contribution in [-0.2, 0) is 11.2 Å². The van der Waals surface area contributed by atoms with Gasteiger partial charge in [0.05, 0.1) is 22.3 Å². The maximum absolute atomic E-state index is 12.3. The minimum absolute atomic E-state index is 0.290. The Labute approximate surface area is 139 Å². The van der Waals surface area contributed by atoms with Crippen LogP contribution in [0.3, 0.4) is 0 Å². The van der Waals surface area contributed by atoms with Crippen molar-refractivity contribution in [3.05, 3.63) is 58.1 Å². The fraction of sp³-hybridized carbons (Fsp3) is 0.250. The van der Waals surface area contributed by atoms with Crippen LogP contribution in [0.1, 0.15) is 30.0 Å². The quantitative estimate of drug-likeness (QED) is 0.596. The minimum atomic E-state index is -0.428. The molecule has 22 heavy (non-hydrogen) atoms. The molecular weight excluding hydrogens is 323 g/mol. The lowest BCUT2D eigenvalue weighted by molar-refractivity contribution is 0.0516. The van der Waals surface area contributed by atoms with Crippen molar-refractivity contribution in [3.8, 4) is 5.69 Å². The summed E-state index contributed by atoms with van der Waals surface area (Å²) in [6, 6.07) is 5.12. The molecule has 2 aromatic rings. The van der Waals surface area contributed by atoms with Crippen molar-refractivity contribution in [1.82, 2.24) is 9.55 Å². The van der Waals surface area contributed by atoms with Gasteiger partial charge in [-0.2, -0.15) is 0 Å². The van der Waals surface area contributed by atoms with Crippen LogP contribution in [0.5, 0.6) is 0 Å². The average Bonchev–Trinajstić information content (AvgIpc) is 2.85. The van der Waals surface area contributed by atoms with E-state index in [4.69, 9.17) is 27.9 Å². The summed E-state index contributed by atoms with van der Waals surface area (Å²) in [5.74, 6) is -0.428. The molecule has 116 valence electrons. The summed E-state index contributed by atoms with van der Waals surface area (Å²) in [4.78, 5) is 16.6. The highest BCUT2D eigenvalue weighted by Gasteiger charge is 2.21. The van der Waals surface area contributed by atoms with E-state index < -0.39 is 5.97 Å². The molecule has 0 aliphatic rings. The number of aromatic nitrogens is 2. The molecule has 0 N–H and O–H groups in total. The largest absolute Gasteiger partial charge is 0.461 e. The van der Waals surface area contributed by atoms with Gasteiger partial charge in [-0.1, -0.05) is 35.4 Å². The molecule has 0 atom stereocenters. The predicted molar refractivity (Wildman–Crippen MR) is 88.1 cm³/mol. The number of carbonyl (C=O) groups excluding carboxylic acids is 1. The molecule has 0 spiro atoms. The van der Waals surface area contributed by atoms with Crippen molar-refractivity contribution < 1.29 is 9.53 Å². The first-order valence-electron chi connectivity index (χ1n) is 6.77. The second kappa shape index (κ2) is 6.99. The summed E-state index contributed by atoms with van der Waals surface area (Å²) in [5.41, 5.74) is 2.60. The van der Waals surface area contributed by atoms with Gasteiger partial charge in [0.1, 0.15) is 6.33 Å². The Bertz CT molecular complexity index is 723. The molecule has 0 amide bonds. The van der Waals surface area contributed by atoms with Crippen molar-refractivity contribution in [2.75, 3.05) is 6.61 Å². The molecule has 0 radical (unpaired) electrons. The molecule has 0 aliphatic carbocycles. The molecule has 1 heterocycles. The molecule has 0 aliphatic heterocycles. The Morgan fingerprint density at radius 2 is 2.09 bits per heavy atom. The zero-order chi connectivity index (χ0) is 16.3. The molecule has 6 heteroatoms. The molecule has 1 aromatic heterocycles. The standard InChI is InChI=1S/C16H16Cl2N2O2/c1-4-22-16(21)15-14(7-10(2)3)19-9-20(15)11-5-6-12(17)13(18)8-11/h5-6,8-9H,2,4,7H2,1,3H3. The van der Waals surface area contributed by atoms with E-state index in [2.05, 4.69) is 11.6 Å². The zero-order valence-electron chi connectivity index (χ0n) is 12.4. The summed E-state index contributed by atoms with van der Waals surface area (Å²) in [5, 5.41) is 0.856. The summed E-state index contributed by atoms with van der Waals surface area (Å²) in [6.07, 6.45) is 2.08. The third-order valence-electron chi connectivity index (χ3n) is 2.96. The van der Waals surface area contributed by atoms with Gasteiger partial charge in [0.25, 0.3) is 0 Å². The van der Waals surface area contributed by atoms with Gasteiger partial charge in [-0.05, 0) is 32.0 Å². The number of rotatable bonds is 5. The lowest BCUT2D eigenvalue weighted by atomic mass is 10.1. The number of benzene rings is 1. The van der Waals surface area contributed by atoms with Gasteiger partial charge >= 0.3 is 5.97 Å². The van der Waals surface area contributed by atoms with Crippen LogP contribution in [0.25, 0.3) is 5.69 Å². The molecule has 1 aromatic carbocycles. The molecular formula is C16H16Cl2N2O2. The first kappa shape index (κ1) is 16.6. The highest BCUT2D eigenvalue weighted by Crippen LogP contribution is 2.26. The third kappa shape index (κ3) is 3.51. The Kier molecular flexibility index (Phi) is 5.27. The molecule has 0 saturated carbocycles. The fourth-order valence-corrected chi connectivity index (χ4v) is 2.34. The van der Waals surface area contributed by atoms with Crippen LogP contribution in [0.4, 0.5) is 0 Å². The summed E-state index contributed by atoms with van der Waals surface area (Å²) in [6.45, 7) is 7.80. The Morgan fingerprint density at radius 3 is 2.68 bits per heavy atom. The second-order valence-electron chi connectivity index (χ2n) is 4.86. The number of ether oxygens (including phenoxy) is 1. The summed E-state index contributed by atoms with van der Waals surface area (Å²) >= 11 is 12.0. The van der Waals surface area contributed by atoms with E-state index in [-0.39, 0.29) is 6.61 Å². The lowest BCUT2D eigenvalue weighted by Crippen LogP contribution is -2.13. The minimum Gasteiger partial charge on any atom is -0.461 e. The molecule has 4 nitrogen and oxygen atoms in total. The van der Waals surface area contributed by atoms with Crippen LogP contribution in [0, 0.1) is 0 Å². The lowest BCUT2D eigenvalue weighted by Gasteiger charge is -2.10. The molecule has 0 bridgehead atoms. The fourth-order valence-electron chi connectivity index (χ4n) is 2.05. The average molecular weight is 339 g/mol. The van der Waals surface area contributed by atoms with E-state index in [9.17, 15) is 4.79 Å². The number of halogens is 2. The van der Waals surface area contributed by atoms with E-state index in [0.29, 0.717) is 33.5 Å². The van der Waals surface area contributed by atoms with Crippen LogP contribution < -0.4 is 0 Å². The number of carbonyl (C=O) groups is 1. The van der Waals surface area contributed by atoms with Crippen LogP contribution in [-0.4, -0.2) is 22.1 Å². The summed E-state index contributed by atoms with van der Waals surface area (Å²) in [7, 11) is 0. The van der Waals surface area contributed by atoms with E-state index in [0.717, 1.165) is 5.57 Å². The molecule has 0 saturated heterocycles. The highest BCUT2D eigenvalue weighted by atomic mass is 35.5. The van der Waals surface area contributed by atoms with Gasteiger partial charge in [-0.3, -0.25) is 4.57 Å². The second-order valence-corrected chi connectivity index (χ2v) is 5.68. The van der Waals surface area contributed by atoms with Gasteiger partial charge in [0.2, 0.25) is 0 Å². The van der Waals surface area contributed by atoms with Crippen LogP contribution >= 0.6 is 23.2 Å². The number of nitrogens with zero attached hydrogens (tertiary/aromatic N) is 2. The van der Waals surface area contributed by atoms with Crippen molar-refractivity contribution in [2.45, 2.75) is 20.3 Å².